The van der Waals surface area contributed by atoms with E-state index in [4.69, 9.17) is 0 Å². The molecule has 0 aromatic rings. The maximum Gasteiger partial charge on any atom is 0.317 e. The van der Waals surface area contributed by atoms with E-state index in [1.807, 2.05) is 4.90 Å². The number of likely N-dealkylation sites (tertiary alicyclic amines) is 2. The van der Waals surface area contributed by atoms with Gasteiger partial charge in [-0.2, -0.15) is 0 Å². The Morgan fingerprint density at radius 2 is 1.76 bits per heavy atom. The summed E-state index contributed by atoms with van der Waals surface area (Å²) in [4.78, 5) is 26.8. The molecule has 0 unspecified atom stereocenters. The van der Waals surface area contributed by atoms with E-state index in [0.29, 0.717) is 13.1 Å². The molecule has 2 saturated heterocycles. The van der Waals surface area contributed by atoms with Crippen molar-refractivity contribution >= 4 is 12.1 Å². The van der Waals surface area contributed by atoms with Gasteiger partial charge in [-0.1, -0.05) is 0 Å². The fourth-order valence-electron chi connectivity index (χ4n) is 2.41. The number of nitrogens with one attached hydrogen (secondary N) is 2. The Balaban J connectivity index is 1.77. The molecule has 0 aliphatic carbocycles. The molecule has 1 atom stereocenters. The van der Waals surface area contributed by atoms with Crippen LogP contribution < -0.4 is 10.6 Å². The van der Waals surface area contributed by atoms with Crippen LogP contribution in [-0.4, -0.2) is 61.1 Å². The fraction of sp³-hybridized carbons (Fsp3) is 0.818. The van der Waals surface area contributed by atoms with E-state index < -0.39 is 0 Å². The molecule has 2 N–H and O–H groups in total. The van der Waals surface area contributed by atoms with Crippen LogP contribution in [0, 0.1) is 0 Å². The van der Waals surface area contributed by atoms with E-state index in [1.54, 1.807) is 11.9 Å². The van der Waals surface area contributed by atoms with Crippen molar-refractivity contribution in [3.63, 3.8) is 0 Å². The van der Waals surface area contributed by atoms with Gasteiger partial charge in [-0.3, -0.25) is 0 Å². The summed E-state index contributed by atoms with van der Waals surface area (Å²) in [6, 6.07) is 0.0505. The van der Waals surface area contributed by atoms with Gasteiger partial charge in [-0.05, 0) is 19.3 Å². The molecule has 2 aliphatic rings. The van der Waals surface area contributed by atoms with Gasteiger partial charge in [0.25, 0.3) is 0 Å². The topological polar surface area (TPSA) is 64.7 Å². The lowest BCUT2D eigenvalue weighted by Crippen LogP contribution is -2.45. The molecular formula is C11H20N4O2. The number of nitrogens with zero attached hydrogens (tertiary/aromatic N) is 2. The van der Waals surface area contributed by atoms with Crippen LogP contribution in [0.4, 0.5) is 9.59 Å². The van der Waals surface area contributed by atoms with Crippen LogP contribution in [0.1, 0.15) is 19.3 Å². The minimum Gasteiger partial charge on any atom is -0.341 e. The van der Waals surface area contributed by atoms with E-state index in [1.165, 1.54) is 0 Å². The van der Waals surface area contributed by atoms with Crippen molar-refractivity contribution in [3.05, 3.63) is 0 Å². The summed E-state index contributed by atoms with van der Waals surface area (Å²) < 4.78 is 0. The highest BCUT2D eigenvalue weighted by Gasteiger charge is 2.28. The van der Waals surface area contributed by atoms with E-state index in [0.717, 1.165) is 32.4 Å². The molecule has 6 nitrogen and oxygen atoms in total. The van der Waals surface area contributed by atoms with Crippen molar-refractivity contribution in [2.24, 2.45) is 0 Å². The minimum atomic E-state index is -0.0667. The Morgan fingerprint density at radius 1 is 1.06 bits per heavy atom. The first-order valence-electron chi connectivity index (χ1n) is 6.23. The molecule has 0 saturated carbocycles. The monoisotopic (exact) mass is 240 g/mol. The standard InChI is InChI=1S/C11H20N4O2/c1-12-10(16)15-7-4-9(8-15)13-11(17)14-5-2-3-6-14/h9H,2-8H2,1H3,(H,12,16)(H,13,17)/t9-/m0/s1. The van der Waals surface area contributed by atoms with Gasteiger partial charge in [0.1, 0.15) is 0 Å². The predicted octanol–water partition coefficient (Wildman–Crippen LogP) is 0.206. The molecule has 0 bridgehead atoms. The Labute approximate surface area is 101 Å². The maximum absolute atomic E-state index is 11.8. The lowest BCUT2D eigenvalue weighted by molar-refractivity contribution is 0.200. The first-order chi connectivity index (χ1) is 8.20. The SMILES string of the molecule is CNC(=O)N1CC[C@H](NC(=O)N2CCCC2)C1. The van der Waals surface area contributed by atoms with E-state index in [2.05, 4.69) is 10.6 Å². The van der Waals surface area contributed by atoms with Crippen LogP contribution in [0.25, 0.3) is 0 Å². The van der Waals surface area contributed by atoms with Crippen molar-refractivity contribution in [2.45, 2.75) is 25.3 Å². The summed E-state index contributed by atoms with van der Waals surface area (Å²) in [5.74, 6) is 0. The van der Waals surface area contributed by atoms with Crippen molar-refractivity contribution in [1.82, 2.24) is 20.4 Å². The zero-order valence-electron chi connectivity index (χ0n) is 10.2. The summed E-state index contributed by atoms with van der Waals surface area (Å²) in [6.07, 6.45) is 3.04. The highest BCUT2D eigenvalue weighted by molar-refractivity contribution is 5.76. The maximum atomic E-state index is 11.8. The molecule has 0 aromatic carbocycles. The summed E-state index contributed by atoms with van der Waals surface area (Å²) in [5.41, 5.74) is 0. The van der Waals surface area contributed by atoms with Crippen molar-refractivity contribution in [1.29, 1.82) is 0 Å². The van der Waals surface area contributed by atoms with Gasteiger partial charge < -0.3 is 20.4 Å². The third-order valence-corrected chi connectivity index (χ3v) is 3.41. The molecule has 0 spiro atoms. The van der Waals surface area contributed by atoms with Gasteiger partial charge in [0.15, 0.2) is 0 Å². The van der Waals surface area contributed by atoms with Crippen LogP contribution in [0.15, 0.2) is 0 Å². The number of urea groups is 2. The smallest absolute Gasteiger partial charge is 0.317 e. The van der Waals surface area contributed by atoms with Gasteiger partial charge in [0.05, 0.1) is 0 Å². The zero-order valence-corrected chi connectivity index (χ0v) is 10.2. The summed E-state index contributed by atoms with van der Waals surface area (Å²) in [7, 11) is 1.62. The lowest BCUT2D eigenvalue weighted by Gasteiger charge is -2.20. The quantitative estimate of drug-likeness (QED) is 0.688. The first-order valence-corrected chi connectivity index (χ1v) is 6.23. The molecule has 96 valence electrons. The summed E-state index contributed by atoms with van der Waals surface area (Å²) >= 11 is 0. The average molecular weight is 240 g/mol. The normalized spacial score (nSPS) is 23.9. The van der Waals surface area contributed by atoms with Crippen LogP contribution >= 0.6 is 0 Å². The van der Waals surface area contributed by atoms with E-state index >= 15 is 0 Å². The van der Waals surface area contributed by atoms with Gasteiger partial charge in [0.2, 0.25) is 0 Å². The van der Waals surface area contributed by atoms with Crippen molar-refractivity contribution in [3.8, 4) is 0 Å². The molecule has 6 heteroatoms. The van der Waals surface area contributed by atoms with Crippen molar-refractivity contribution in [2.75, 3.05) is 33.2 Å². The molecule has 0 radical (unpaired) electrons. The number of carbonyl (C=O) groups is 2. The lowest BCUT2D eigenvalue weighted by atomic mass is 10.3. The Hall–Kier alpha value is -1.46. The van der Waals surface area contributed by atoms with E-state index in [9.17, 15) is 9.59 Å². The van der Waals surface area contributed by atoms with Crippen molar-refractivity contribution < 1.29 is 9.59 Å². The third-order valence-electron chi connectivity index (χ3n) is 3.41. The highest BCUT2D eigenvalue weighted by Crippen LogP contribution is 2.11. The van der Waals surface area contributed by atoms with Gasteiger partial charge >= 0.3 is 12.1 Å². The predicted molar refractivity (Wildman–Crippen MR) is 63.8 cm³/mol. The van der Waals surface area contributed by atoms with Crippen LogP contribution in [0.3, 0.4) is 0 Å². The van der Waals surface area contributed by atoms with Gasteiger partial charge in [-0.25, -0.2) is 9.59 Å². The second-order valence-electron chi connectivity index (χ2n) is 4.63. The number of hydrogen-bond acceptors (Lipinski definition) is 2. The Bertz CT molecular complexity index is 302. The third kappa shape index (κ3) is 2.81. The highest BCUT2D eigenvalue weighted by atomic mass is 16.2. The molecule has 2 aliphatic heterocycles. The molecule has 2 rings (SSSR count). The molecule has 2 heterocycles. The number of amides is 4. The molecular weight excluding hydrogens is 220 g/mol. The second-order valence-corrected chi connectivity index (χ2v) is 4.63. The van der Waals surface area contributed by atoms with Crippen LogP contribution in [0.2, 0.25) is 0 Å². The van der Waals surface area contributed by atoms with Crippen LogP contribution in [-0.2, 0) is 0 Å². The average Bonchev–Trinajstić information content (AvgIpc) is 2.98. The van der Waals surface area contributed by atoms with Crippen LogP contribution in [0.5, 0.6) is 0 Å². The Kier molecular flexibility index (Phi) is 3.71. The molecule has 4 amide bonds. The number of rotatable bonds is 1. The Morgan fingerprint density at radius 3 is 2.41 bits per heavy atom. The molecule has 0 aromatic heterocycles. The van der Waals surface area contributed by atoms with Gasteiger partial charge in [0, 0.05) is 39.3 Å². The molecule has 2 fully saturated rings. The largest absolute Gasteiger partial charge is 0.341 e. The number of carbonyl (C=O) groups excluding carboxylic acids is 2. The minimum absolute atomic E-state index is 0.0197. The van der Waals surface area contributed by atoms with Gasteiger partial charge in [-0.15, -0.1) is 0 Å². The second kappa shape index (κ2) is 5.25. The number of hydrogen-bond donors (Lipinski definition) is 2. The molecule has 17 heavy (non-hydrogen) atoms. The summed E-state index contributed by atoms with van der Waals surface area (Å²) in [5, 5.41) is 5.59. The zero-order chi connectivity index (χ0) is 12.3. The summed E-state index contributed by atoms with van der Waals surface area (Å²) in [6.45, 7) is 3.04. The van der Waals surface area contributed by atoms with E-state index in [-0.39, 0.29) is 18.1 Å². The first kappa shape index (κ1) is 12.0. The fourth-order valence-corrected chi connectivity index (χ4v) is 2.41.